The molecule has 0 aromatic rings. The Balaban J connectivity index is 1.91. The molecule has 2 fully saturated rings. The summed E-state index contributed by atoms with van der Waals surface area (Å²) in [5.41, 5.74) is 0. The molecule has 0 bridgehead atoms. The molecule has 76 valence electrons. The van der Waals surface area contributed by atoms with Crippen molar-refractivity contribution >= 4 is 0 Å². The molecule has 13 heavy (non-hydrogen) atoms. The fraction of sp³-hybridized carbons (Fsp3) is 1.00. The number of hydrogen-bond donors (Lipinski definition) is 1. The zero-order valence-electron chi connectivity index (χ0n) is 8.58. The van der Waals surface area contributed by atoms with Gasteiger partial charge in [0.05, 0.1) is 6.10 Å². The van der Waals surface area contributed by atoms with Crippen molar-refractivity contribution in [2.75, 3.05) is 13.1 Å². The van der Waals surface area contributed by atoms with Crippen LogP contribution in [0.2, 0.25) is 0 Å². The summed E-state index contributed by atoms with van der Waals surface area (Å²) in [5.74, 6) is 0.951. The Labute approximate surface area is 80.9 Å². The number of hydrogen-bond acceptors (Lipinski definition) is 2. The second-order valence-corrected chi connectivity index (χ2v) is 4.74. The molecule has 0 spiro atoms. The molecule has 0 radical (unpaired) electrons. The Hall–Kier alpha value is -0.0800. The van der Waals surface area contributed by atoms with Crippen LogP contribution >= 0.6 is 0 Å². The van der Waals surface area contributed by atoms with Crippen molar-refractivity contribution in [2.24, 2.45) is 5.92 Å². The summed E-state index contributed by atoms with van der Waals surface area (Å²) in [6.07, 6.45) is 6.86. The third kappa shape index (κ3) is 2.05. The van der Waals surface area contributed by atoms with Gasteiger partial charge in [-0.05, 0) is 38.6 Å². The lowest BCUT2D eigenvalue weighted by atomic mass is 9.85. The van der Waals surface area contributed by atoms with Crippen LogP contribution in [0.15, 0.2) is 0 Å². The molecule has 2 rings (SSSR count). The predicted molar refractivity (Wildman–Crippen MR) is 53.6 cm³/mol. The van der Waals surface area contributed by atoms with E-state index < -0.39 is 0 Å². The summed E-state index contributed by atoms with van der Waals surface area (Å²) in [4.78, 5) is 2.51. The third-order valence-corrected chi connectivity index (χ3v) is 3.62. The van der Waals surface area contributed by atoms with E-state index in [9.17, 15) is 5.11 Å². The minimum atomic E-state index is -0.152. The van der Waals surface area contributed by atoms with Gasteiger partial charge < -0.3 is 5.11 Å². The van der Waals surface area contributed by atoms with Gasteiger partial charge in [-0.1, -0.05) is 12.8 Å². The van der Waals surface area contributed by atoms with E-state index >= 15 is 0 Å². The van der Waals surface area contributed by atoms with E-state index in [2.05, 4.69) is 4.90 Å². The number of rotatable bonds is 2. The van der Waals surface area contributed by atoms with E-state index in [1.807, 2.05) is 6.92 Å². The van der Waals surface area contributed by atoms with Crippen LogP contribution in [0, 0.1) is 5.92 Å². The van der Waals surface area contributed by atoms with Gasteiger partial charge in [-0.15, -0.1) is 0 Å². The highest BCUT2D eigenvalue weighted by atomic mass is 16.3. The van der Waals surface area contributed by atoms with Crippen molar-refractivity contribution < 1.29 is 5.11 Å². The zero-order chi connectivity index (χ0) is 9.26. The maximum absolute atomic E-state index is 9.36. The first kappa shape index (κ1) is 9.47. The average Bonchev–Trinajstić information content (AvgIpc) is 2.48. The van der Waals surface area contributed by atoms with Crippen LogP contribution in [0.3, 0.4) is 0 Å². The van der Waals surface area contributed by atoms with Crippen LogP contribution < -0.4 is 0 Å². The van der Waals surface area contributed by atoms with Crippen LogP contribution in [0.25, 0.3) is 0 Å². The molecular weight excluding hydrogens is 162 g/mol. The number of fused-ring (bicyclic) bond motifs is 1. The van der Waals surface area contributed by atoms with Crippen LogP contribution in [0.4, 0.5) is 0 Å². The fourth-order valence-corrected chi connectivity index (χ4v) is 3.07. The Morgan fingerprint density at radius 1 is 1.31 bits per heavy atom. The summed E-state index contributed by atoms with van der Waals surface area (Å²) in [5, 5.41) is 9.36. The summed E-state index contributed by atoms with van der Waals surface area (Å²) < 4.78 is 0. The van der Waals surface area contributed by atoms with Gasteiger partial charge in [0.1, 0.15) is 0 Å². The molecule has 0 aromatic carbocycles. The highest BCUT2D eigenvalue weighted by molar-refractivity contribution is 4.90. The minimum Gasteiger partial charge on any atom is -0.392 e. The van der Waals surface area contributed by atoms with Crippen LogP contribution in [-0.4, -0.2) is 35.2 Å². The van der Waals surface area contributed by atoms with E-state index in [0.29, 0.717) is 0 Å². The van der Waals surface area contributed by atoms with Gasteiger partial charge in [-0.3, -0.25) is 4.90 Å². The SMILES string of the molecule is C[C@@H](O)CN1CCC2CCCCC21. The molecule has 0 aromatic heterocycles. The Bertz CT molecular complexity index is 169. The van der Waals surface area contributed by atoms with E-state index in [0.717, 1.165) is 18.5 Å². The highest BCUT2D eigenvalue weighted by Crippen LogP contribution is 2.35. The molecule has 2 nitrogen and oxygen atoms in total. The molecule has 1 aliphatic carbocycles. The van der Waals surface area contributed by atoms with Crippen molar-refractivity contribution in [3.05, 3.63) is 0 Å². The summed E-state index contributed by atoms with van der Waals surface area (Å²) in [7, 11) is 0. The molecule has 3 atom stereocenters. The zero-order valence-corrected chi connectivity index (χ0v) is 8.58. The summed E-state index contributed by atoms with van der Waals surface area (Å²) in [6, 6.07) is 0.809. The number of nitrogens with zero attached hydrogens (tertiary/aromatic N) is 1. The molecule has 1 heterocycles. The predicted octanol–water partition coefficient (Wildman–Crippen LogP) is 1.63. The van der Waals surface area contributed by atoms with E-state index in [1.54, 1.807) is 0 Å². The number of aliphatic hydroxyl groups is 1. The van der Waals surface area contributed by atoms with Crippen molar-refractivity contribution in [1.29, 1.82) is 0 Å². The lowest BCUT2D eigenvalue weighted by molar-refractivity contribution is 0.100. The van der Waals surface area contributed by atoms with Gasteiger partial charge in [-0.2, -0.15) is 0 Å². The second kappa shape index (κ2) is 3.97. The van der Waals surface area contributed by atoms with Crippen LogP contribution in [-0.2, 0) is 0 Å². The minimum absolute atomic E-state index is 0.152. The normalized spacial score (nSPS) is 37.4. The number of aliphatic hydroxyl groups excluding tert-OH is 1. The monoisotopic (exact) mass is 183 g/mol. The van der Waals surface area contributed by atoms with E-state index in [1.165, 1.54) is 38.6 Å². The lowest BCUT2D eigenvalue weighted by Crippen LogP contribution is -2.38. The fourth-order valence-electron chi connectivity index (χ4n) is 3.07. The molecule has 2 heteroatoms. The van der Waals surface area contributed by atoms with Gasteiger partial charge in [0, 0.05) is 12.6 Å². The van der Waals surface area contributed by atoms with Crippen molar-refractivity contribution in [3.8, 4) is 0 Å². The third-order valence-electron chi connectivity index (χ3n) is 3.62. The van der Waals surface area contributed by atoms with Crippen molar-refractivity contribution in [1.82, 2.24) is 4.90 Å². The molecule has 1 saturated carbocycles. The van der Waals surface area contributed by atoms with Crippen LogP contribution in [0.1, 0.15) is 39.0 Å². The smallest absolute Gasteiger partial charge is 0.0639 e. The first-order valence-corrected chi connectivity index (χ1v) is 5.69. The number of β-amino-alcohol motifs (C(OH)–C–C–N with tert-alkyl or cyclic N) is 1. The second-order valence-electron chi connectivity index (χ2n) is 4.74. The molecule has 0 amide bonds. The standard InChI is InChI=1S/C11H21NO/c1-9(13)8-12-7-6-10-4-2-3-5-11(10)12/h9-11,13H,2-8H2,1H3/t9-,10?,11?/m1/s1. The largest absolute Gasteiger partial charge is 0.392 e. The van der Waals surface area contributed by atoms with Crippen molar-refractivity contribution in [3.63, 3.8) is 0 Å². The average molecular weight is 183 g/mol. The Kier molecular flexibility index (Phi) is 2.89. The van der Waals surface area contributed by atoms with Gasteiger partial charge in [0.2, 0.25) is 0 Å². The maximum atomic E-state index is 9.36. The molecule has 1 N–H and O–H groups in total. The van der Waals surface area contributed by atoms with Gasteiger partial charge >= 0.3 is 0 Å². The highest BCUT2D eigenvalue weighted by Gasteiger charge is 2.35. The molecular formula is C11H21NO. The van der Waals surface area contributed by atoms with E-state index in [4.69, 9.17) is 0 Å². The van der Waals surface area contributed by atoms with Gasteiger partial charge in [-0.25, -0.2) is 0 Å². The molecule has 2 unspecified atom stereocenters. The molecule has 1 saturated heterocycles. The van der Waals surface area contributed by atoms with E-state index in [-0.39, 0.29) is 6.10 Å². The van der Waals surface area contributed by atoms with Crippen LogP contribution in [0.5, 0.6) is 0 Å². The Morgan fingerprint density at radius 2 is 2.08 bits per heavy atom. The topological polar surface area (TPSA) is 23.5 Å². The summed E-state index contributed by atoms with van der Waals surface area (Å²) >= 11 is 0. The maximum Gasteiger partial charge on any atom is 0.0639 e. The summed E-state index contributed by atoms with van der Waals surface area (Å²) in [6.45, 7) is 4.01. The number of likely N-dealkylation sites (tertiary alicyclic amines) is 1. The van der Waals surface area contributed by atoms with Gasteiger partial charge in [0.15, 0.2) is 0 Å². The lowest BCUT2D eigenvalue weighted by Gasteiger charge is -2.32. The first-order valence-electron chi connectivity index (χ1n) is 5.69. The molecule has 1 aliphatic heterocycles. The molecule has 2 aliphatic rings. The van der Waals surface area contributed by atoms with Gasteiger partial charge in [0.25, 0.3) is 0 Å². The van der Waals surface area contributed by atoms with Crippen molar-refractivity contribution in [2.45, 2.75) is 51.2 Å². The quantitative estimate of drug-likeness (QED) is 0.703. The Morgan fingerprint density at radius 3 is 2.85 bits per heavy atom. The first-order chi connectivity index (χ1) is 6.27.